The molecule has 10 rings (SSSR count). The summed E-state index contributed by atoms with van der Waals surface area (Å²) in [4.78, 5) is 18.9. The Bertz CT molecular complexity index is 2740. The molecule has 2 aliphatic rings. The molecule has 0 unspecified atom stereocenters. The van der Waals surface area contributed by atoms with E-state index in [9.17, 15) is 4.79 Å². The third kappa shape index (κ3) is 9.73. The molecule has 8 aromatic rings. The van der Waals surface area contributed by atoms with E-state index in [1.807, 2.05) is 20.8 Å². The van der Waals surface area contributed by atoms with E-state index in [1.165, 1.54) is 49.4 Å². The monoisotopic (exact) mass is 856 g/mol. The van der Waals surface area contributed by atoms with E-state index in [0.29, 0.717) is 13.1 Å². The Morgan fingerprint density at radius 2 is 1.03 bits per heavy atom. The lowest BCUT2D eigenvalue weighted by Crippen LogP contribution is -2.50. The van der Waals surface area contributed by atoms with Crippen LogP contribution in [0.5, 0.6) is 0 Å². The van der Waals surface area contributed by atoms with Crippen molar-refractivity contribution in [2.45, 2.75) is 39.2 Å². The van der Waals surface area contributed by atoms with Gasteiger partial charge < -0.3 is 24.8 Å². The number of carbonyl (C=O) groups is 1. The number of aromatic amines is 2. The van der Waals surface area contributed by atoms with Crippen LogP contribution in [-0.4, -0.2) is 89.3 Å². The van der Waals surface area contributed by atoms with E-state index in [4.69, 9.17) is 4.74 Å². The van der Waals surface area contributed by atoms with Crippen LogP contribution in [-0.2, 0) is 17.6 Å². The Morgan fingerprint density at radius 1 is 0.574 bits per heavy atom. The third-order valence-electron chi connectivity index (χ3n) is 11.5. The minimum atomic E-state index is -0.469. The maximum absolute atomic E-state index is 12.3. The predicted octanol–water partition coefficient (Wildman–Crippen LogP) is 9.92. The van der Waals surface area contributed by atoms with Crippen molar-refractivity contribution in [2.75, 3.05) is 62.2 Å². The van der Waals surface area contributed by atoms with Gasteiger partial charge in [0.05, 0.1) is 11.0 Å². The van der Waals surface area contributed by atoms with Crippen LogP contribution in [0.3, 0.4) is 0 Å². The highest BCUT2D eigenvalue weighted by atomic mass is 35.5. The molecule has 12 heteroatoms. The quantitative estimate of drug-likeness (QED) is 0.153. The van der Waals surface area contributed by atoms with E-state index in [0.717, 1.165) is 79.9 Å². The summed E-state index contributed by atoms with van der Waals surface area (Å²) in [7, 11) is 0. The molecular weight excluding hydrogens is 803 g/mol. The van der Waals surface area contributed by atoms with Crippen molar-refractivity contribution >= 4 is 85.6 Å². The fourth-order valence-corrected chi connectivity index (χ4v) is 8.45. The highest BCUT2D eigenvalue weighted by Gasteiger charge is 2.26. The molecule has 2 fully saturated rings. The van der Waals surface area contributed by atoms with Gasteiger partial charge in [-0.1, -0.05) is 84.9 Å². The highest BCUT2D eigenvalue weighted by molar-refractivity contribution is 5.90. The molecule has 3 N–H and O–H groups in total. The van der Waals surface area contributed by atoms with Crippen LogP contribution in [0.1, 0.15) is 43.3 Å². The molecule has 2 aliphatic heterocycles. The van der Waals surface area contributed by atoms with Crippen molar-refractivity contribution in [1.29, 1.82) is 0 Å². The molecule has 2 saturated heterocycles. The van der Waals surface area contributed by atoms with Gasteiger partial charge in [-0.3, -0.25) is 10.2 Å². The number of hydrogen-bond donors (Lipinski definition) is 3. The Balaban J connectivity index is 0.000000182. The second-order valence-corrected chi connectivity index (χ2v) is 16.6. The molecule has 0 bridgehead atoms. The van der Waals surface area contributed by atoms with E-state index < -0.39 is 5.60 Å². The number of carbonyl (C=O) groups excluding carboxylic acids is 1. The summed E-state index contributed by atoms with van der Waals surface area (Å²) in [5, 5.41) is 26.6. The van der Waals surface area contributed by atoms with Gasteiger partial charge in [0.1, 0.15) is 5.60 Å². The molecule has 0 radical (unpaired) electrons. The number of anilines is 2. The Hall–Kier alpha value is -5.81. The number of H-pyrrole nitrogens is 2. The lowest BCUT2D eigenvalue weighted by atomic mass is 9.99. The lowest BCUT2D eigenvalue weighted by Gasteiger charge is -2.36. The molecule has 0 aliphatic carbocycles. The summed E-state index contributed by atoms with van der Waals surface area (Å²) in [5.41, 5.74) is 8.89. The summed E-state index contributed by atoms with van der Waals surface area (Å²) in [6.07, 6.45) is 1.44. The molecule has 10 nitrogen and oxygen atoms in total. The number of hydrogen-bond acceptors (Lipinski definition) is 7. The normalized spacial score (nSPS) is 14.4. The van der Waals surface area contributed by atoms with Crippen molar-refractivity contribution < 1.29 is 9.53 Å². The highest BCUT2D eigenvalue weighted by Crippen LogP contribution is 2.29. The first-order valence-corrected chi connectivity index (χ1v) is 20.8. The maximum Gasteiger partial charge on any atom is 0.410 e. The summed E-state index contributed by atoms with van der Waals surface area (Å²) in [5.74, 6) is 0. The number of amides is 1. The summed E-state index contributed by atoms with van der Waals surface area (Å²) >= 11 is 0. The average Bonchev–Trinajstić information content (AvgIpc) is 3.86. The van der Waals surface area contributed by atoms with Crippen LogP contribution < -0.4 is 15.1 Å². The average molecular weight is 858 g/mol. The lowest BCUT2D eigenvalue weighted by molar-refractivity contribution is 0.0240. The van der Waals surface area contributed by atoms with Crippen molar-refractivity contribution in [1.82, 2.24) is 30.6 Å². The number of piperazine rings is 2. The van der Waals surface area contributed by atoms with E-state index >= 15 is 0 Å². The standard InChI is InChI=1S/C27H30N4O2.C22H22N4.2ClH/c1-27(2,3)33-26(32)31-15-13-30(14-16-31)21-11-12-23-24(28-29-25(23)18-21)17-20-9-6-8-19-7-4-5-10-22(19)20;1-2-7-19-16(4-1)5-3-6-17(19)14-21-20-9-8-18(15-22(20)25-24-21)26-12-10-23-11-13-26;;/h4-12,18H,13-17H2,1-3H3,(H,28,29);1-9,15,23H,10-14H2,(H,24,25);2*1H. The molecular formula is C49H54Cl2N8O2. The SMILES string of the molecule is CC(C)(C)OC(=O)N1CCN(c2ccc3c(Cc4cccc5ccccc45)[nH]nc3c2)CC1.Cl.Cl.c1ccc2c(Cc3[nH]nc4cc(N5CCNCC5)ccc34)cccc2c1. The zero-order valence-electron chi connectivity index (χ0n) is 35.0. The van der Waals surface area contributed by atoms with Crippen LogP contribution in [0.4, 0.5) is 16.2 Å². The maximum atomic E-state index is 12.3. The zero-order valence-corrected chi connectivity index (χ0v) is 36.6. The largest absolute Gasteiger partial charge is 0.444 e. The number of rotatable bonds is 6. The van der Waals surface area contributed by atoms with Crippen LogP contribution in [0.2, 0.25) is 0 Å². The van der Waals surface area contributed by atoms with Gasteiger partial charge >= 0.3 is 6.09 Å². The first-order chi connectivity index (χ1) is 28.8. The van der Waals surface area contributed by atoms with Gasteiger partial charge in [0, 0.05) is 98.7 Å². The molecule has 1 amide bonds. The van der Waals surface area contributed by atoms with E-state index in [1.54, 1.807) is 4.90 Å². The first-order valence-electron chi connectivity index (χ1n) is 20.8. The Morgan fingerprint density at radius 3 is 1.52 bits per heavy atom. The van der Waals surface area contributed by atoms with Crippen molar-refractivity contribution in [3.8, 4) is 0 Å². The number of nitrogens with one attached hydrogen (secondary N) is 3. The van der Waals surface area contributed by atoms with Gasteiger partial charge in [0.15, 0.2) is 0 Å². The van der Waals surface area contributed by atoms with Crippen molar-refractivity contribution in [3.05, 3.63) is 144 Å². The fraction of sp³-hybridized carbons (Fsp3) is 0.286. The smallest absolute Gasteiger partial charge is 0.410 e. The number of fused-ring (bicyclic) bond motifs is 4. The number of benzene rings is 6. The molecule has 4 heterocycles. The van der Waals surface area contributed by atoms with Gasteiger partial charge in [-0.25, -0.2) is 4.79 Å². The molecule has 0 spiro atoms. The topological polar surface area (TPSA) is 105 Å². The molecule has 316 valence electrons. The summed E-state index contributed by atoms with van der Waals surface area (Å²) in [6, 6.07) is 43.2. The zero-order chi connectivity index (χ0) is 40.3. The Labute approximate surface area is 369 Å². The van der Waals surface area contributed by atoms with Gasteiger partial charge in [0.2, 0.25) is 0 Å². The summed E-state index contributed by atoms with van der Waals surface area (Å²) < 4.78 is 5.51. The number of aromatic nitrogens is 4. The van der Waals surface area contributed by atoms with Gasteiger partial charge in [0.25, 0.3) is 0 Å². The van der Waals surface area contributed by atoms with Gasteiger partial charge in [-0.05, 0) is 89.8 Å². The van der Waals surface area contributed by atoms with Crippen LogP contribution in [0, 0.1) is 0 Å². The molecule has 6 aromatic carbocycles. The second kappa shape index (κ2) is 18.8. The minimum Gasteiger partial charge on any atom is -0.444 e. The van der Waals surface area contributed by atoms with Crippen LogP contribution in [0.15, 0.2) is 121 Å². The number of ether oxygens (including phenoxy) is 1. The predicted molar refractivity (Wildman–Crippen MR) is 255 cm³/mol. The van der Waals surface area contributed by atoms with Crippen LogP contribution >= 0.6 is 24.8 Å². The Kier molecular flexibility index (Phi) is 13.4. The third-order valence-corrected chi connectivity index (χ3v) is 11.5. The van der Waals surface area contributed by atoms with E-state index in [-0.39, 0.29) is 30.9 Å². The molecule has 0 atom stereocenters. The van der Waals surface area contributed by atoms with E-state index in [2.05, 4.69) is 157 Å². The van der Waals surface area contributed by atoms with Crippen molar-refractivity contribution in [2.24, 2.45) is 0 Å². The minimum absolute atomic E-state index is 0. The first kappa shape index (κ1) is 43.3. The second-order valence-electron chi connectivity index (χ2n) is 16.6. The number of halogens is 2. The summed E-state index contributed by atoms with van der Waals surface area (Å²) in [6.45, 7) is 12.8. The fourth-order valence-electron chi connectivity index (χ4n) is 8.45. The molecule has 0 saturated carbocycles. The van der Waals surface area contributed by atoms with Gasteiger partial charge in [-0.15, -0.1) is 24.8 Å². The van der Waals surface area contributed by atoms with Gasteiger partial charge in [-0.2, -0.15) is 10.2 Å². The van der Waals surface area contributed by atoms with Crippen molar-refractivity contribution in [3.63, 3.8) is 0 Å². The molecule has 2 aromatic heterocycles. The number of nitrogens with zero attached hydrogens (tertiary/aromatic N) is 5. The van der Waals surface area contributed by atoms with Crippen LogP contribution in [0.25, 0.3) is 43.4 Å². The molecule has 61 heavy (non-hydrogen) atoms.